The molecule has 3 nitrogen and oxygen atoms in total. The fraction of sp³-hybridized carbons (Fsp3) is 0.667. The molecule has 1 unspecified atom stereocenters. The van der Waals surface area contributed by atoms with Gasteiger partial charge in [0.05, 0.1) is 13.2 Å². The van der Waals surface area contributed by atoms with Crippen LogP contribution in [0.2, 0.25) is 0 Å². The Bertz CT molecular complexity index is 87.1. The Morgan fingerprint density at radius 3 is 2.80 bits per heavy atom. The molecule has 1 N–H and O–H groups in total. The predicted octanol–water partition coefficient (Wildman–Crippen LogP) is 1.83. The van der Waals surface area contributed by atoms with Crippen LogP contribution in [0.15, 0.2) is 12.7 Å². The first kappa shape index (κ1) is 10.0. The van der Waals surface area contributed by atoms with Crippen LogP contribution in [-0.4, -0.2) is 18.1 Å². The molecule has 0 aromatic heterocycles. The van der Waals surface area contributed by atoms with Crippen LogP contribution in [0.25, 0.3) is 0 Å². The molecule has 4 heteroatoms. The van der Waals surface area contributed by atoms with E-state index in [1.54, 1.807) is 6.08 Å². The maximum absolute atomic E-state index is 8.88. The minimum absolute atomic E-state index is 0.339. The van der Waals surface area contributed by atoms with E-state index < -0.39 is 8.60 Å². The van der Waals surface area contributed by atoms with Gasteiger partial charge in [-0.15, -0.1) is 6.58 Å². The van der Waals surface area contributed by atoms with Crippen LogP contribution in [0, 0.1) is 0 Å². The average molecular weight is 164 g/mol. The molecular formula is C6H13O3P. The van der Waals surface area contributed by atoms with Crippen molar-refractivity contribution in [2.24, 2.45) is 0 Å². The number of hydrogen-bond acceptors (Lipinski definition) is 3. The first-order valence-electron chi connectivity index (χ1n) is 3.17. The lowest BCUT2D eigenvalue weighted by Gasteiger charge is -2.07. The van der Waals surface area contributed by atoms with Crippen molar-refractivity contribution in [3.8, 4) is 0 Å². The third-order valence-electron chi connectivity index (χ3n) is 0.709. The molecule has 0 spiro atoms. The molecule has 0 radical (unpaired) electrons. The minimum Gasteiger partial charge on any atom is -0.328 e. The van der Waals surface area contributed by atoms with E-state index in [2.05, 4.69) is 6.58 Å². The molecule has 0 amide bonds. The van der Waals surface area contributed by atoms with Gasteiger partial charge >= 0.3 is 8.60 Å². The first-order valence-corrected chi connectivity index (χ1v) is 4.30. The SMILES string of the molecule is C=CCOP(O)OCCC. The highest BCUT2D eigenvalue weighted by Gasteiger charge is 2.02. The monoisotopic (exact) mass is 164 g/mol. The topological polar surface area (TPSA) is 38.7 Å². The van der Waals surface area contributed by atoms with Gasteiger partial charge in [0.1, 0.15) is 0 Å². The maximum atomic E-state index is 8.88. The molecule has 0 aliphatic rings. The smallest absolute Gasteiger partial charge is 0.328 e. The first-order chi connectivity index (χ1) is 4.81. The quantitative estimate of drug-likeness (QED) is 0.480. The Morgan fingerprint density at radius 2 is 2.30 bits per heavy atom. The molecular weight excluding hydrogens is 151 g/mol. The molecule has 0 aliphatic heterocycles. The Morgan fingerprint density at radius 1 is 1.60 bits per heavy atom. The van der Waals surface area contributed by atoms with Crippen LogP contribution >= 0.6 is 8.60 Å². The normalized spacial score (nSPS) is 13.0. The zero-order chi connectivity index (χ0) is 7.82. The third kappa shape index (κ3) is 6.17. The van der Waals surface area contributed by atoms with Crippen molar-refractivity contribution in [2.45, 2.75) is 13.3 Å². The Hall–Kier alpha value is 0.0500. The molecule has 10 heavy (non-hydrogen) atoms. The summed E-state index contributed by atoms with van der Waals surface area (Å²) >= 11 is 0. The zero-order valence-electron chi connectivity index (χ0n) is 6.12. The van der Waals surface area contributed by atoms with Gasteiger partial charge in [0, 0.05) is 0 Å². The largest absolute Gasteiger partial charge is 0.330 e. The van der Waals surface area contributed by atoms with Gasteiger partial charge in [-0.3, -0.25) is 0 Å². The summed E-state index contributed by atoms with van der Waals surface area (Å²) in [6, 6.07) is 0. The lowest BCUT2D eigenvalue weighted by molar-refractivity contribution is 0.215. The van der Waals surface area contributed by atoms with E-state index in [4.69, 9.17) is 13.9 Å². The predicted molar refractivity (Wildman–Crippen MR) is 41.5 cm³/mol. The second-order valence-electron chi connectivity index (χ2n) is 1.66. The molecule has 0 aliphatic carbocycles. The second-order valence-corrected chi connectivity index (χ2v) is 2.65. The summed E-state index contributed by atoms with van der Waals surface area (Å²) in [7, 11) is -1.66. The van der Waals surface area contributed by atoms with E-state index in [1.807, 2.05) is 6.92 Å². The maximum Gasteiger partial charge on any atom is 0.330 e. The summed E-state index contributed by atoms with van der Waals surface area (Å²) in [6.07, 6.45) is 2.46. The van der Waals surface area contributed by atoms with Gasteiger partial charge in [0.15, 0.2) is 0 Å². The second kappa shape index (κ2) is 7.16. The summed E-state index contributed by atoms with van der Waals surface area (Å²) in [4.78, 5) is 8.88. The van der Waals surface area contributed by atoms with Crippen molar-refractivity contribution in [1.82, 2.24) is 0 Å². The highest BCUT2D eigenvalue weighted by atomic mass is 31.2. The van der Waals surface area contributed by atoms with Gasteiger partial charge in [-0.25, -0.2) is 0 Å². The van der Waals surface area contributed by atoms with Crippen molar-refractivity contribution in [2.75, 3.05) is 13.2 Å². The van der Waals surface area contributed by atoms with E-state index in [0.717, 1.165) is 6.42 Å². The van der Waals surface area contributed by atoms with Crippen LogP contribution in [-0.2, 0) is 9.05 Å². The van der Waals surface area contributed by atoms with Crippen molar-refractivity contribution in [1.29, 1.82) is 0 Å². The zero-order valence-corrected chi connectivity index (χ0v) is 7.01. The number of hydrogen-bond donors (Lipinski definition) is 1. The van der Waals surface area contributed by atoms with Gasteiger partial charge in [-0.2, -0.15) is 0 Å². The molecule has 0 rings (SSSR count). The average Bonchev–Trinajstić information content (AvgIpc) is 1.97. The van der Waals surface area contributed by atoms with E-state index in [1.165, 1.54) is 0 Å². The van der Waals surface area contributed by atoms with Crippen molar-refractivity contribution in [3.05, 3.63) is 12.7 Å². The van der Waals surface area contributed by atoms with Gasteiger partial charge in [0.25, 0.3) is 0 Å². The van der Waals surface area contributed by atoms with E-state index in [-0.39, 0.29) is 0 Å². The van der Waals surface area contributed by atoms with Crippen LogP contribution in [0.4, 0.5) is 0 Å². The summed E-state index contributed by atoms with van der Waals surface area (Å²) in [5.74, 6) is 0. The lowest BCUT2D eigenvalue weighted by Crippen LogP contribution is -1.90. The highest BCUT2D eigenvalue weighted by molar-refractivity contribution is 7.40. The number of rotatable bonds is 6. The molecule has 1 atom stereocenters. The molecule has 0 fully saturated rings. The van der Waals surface area contributed by atoms with E-state index in [0.29, 0.717) is 13.2 Å². The summed E-state index contributed by atoms with van der Waals surface area (Å²) in [5, 5.41) is 0. The Kier molecular flexibility index (Phi) is 7.20. The summed E-state index contributed by atoms with van der Waals surface area (Å²) in [6.45, 7) is 6.28. The van der Waals surface area contributed by atoms with Gasteiger partial charge < -0.3 is 13.9 Å². The molecule has 0 aromatic rings. The molecule has 0 aromatic carbocycles. The van der Waals surface area contributed by atoms with E-state index >= 15 is 0 Å². The molecule has 60 valence electrons. The lowest BCUT2D eigenvalue weighted by atomic mass is 10.5. The van der Waals surface area contributed by atoms with Gasteiger partial charge in [-0.1, -0.05) is 13.0 Å². The van der Waals surface area contributed by atoms with Crippen LogP contribution in [0.5, 0.6) is 0 Å². The fourth-order valence-corrected chi connectivity index (χ4v) is 0.969. The van der Waals surface area contributed by atoms with E-state index in [9.17, 15) is 0 Å². The van der Waals surface area contributed by atoms with Gasteiger partial charge in [-0.05, 0) is 6.42 Å². The van der Waals surface area contributed by atoms with Crippen LogP contribution < -0.4 is 0 Å². The van der Waals surface area contributed by atoms with Crippen molar-refractivity contribution >= 4 is 8.60 Å². The summed E-state index contributed by atoms with van der Waals surface area (Å²) < 4.78 is 9.62. The third-order valence-corrected chi connectivity index (χ3v) is 1.48. The summed E-state index contributed by atoms with van der Waals surface area (Å²) in [5.41, 5.74) is 0. The Labute approximate surface area is 62.7 Å². The minimum atomic E-state index is -1.66. The molecule has 0 bridgehead atoms. The molecule has 0 heterocycles. The van der Waals surface area contributed by atoms with Crippen LogP contribution in [0.3, 0.4) is 0 Å². The molecule has 0 saturated carbocycles. The standard InChI is InChI=1S/C6H13O3P/c1-3-5-8-10(7)9-6-4-2/h3,7H,1,4-6H2,2H3. The van der Waals surface area contributed by atoms with Crippen molar-refractivity contribution in [3.63, 3.8) is 0 Å². The van der Waals surface area contributed by atoms with Gasteiger partial charge in [0.2, 0.25) is 0 Å². The Balaban J connectivity index is 3.07. The molecule has 0 saturated heterocycles. The van der Waals surface area contributed by atoms with Crippen LogP contribution in [0.1, 0.15) is 13.3 Å². The van der Waals surface area contributed by atoms with Crippen molar-refractivity contribution < 1.29 is 13.9 Å². The highest BCUT2D eigenvalue weighted by Crippen LogP contribution is 2.32. The fourth-order valence-electron chi connectivity index (χ4n) is 0.323.